The summed E-state index contributed by atoms with van der Waals surface area (Å²) in [5, 5.41) is 0. The number of allylic oxidation sites excluding steroid dienone is 2. The lowest BCUT2D eigenvalue weighted by Crippen LogP contribution is -2.40. The molecule has 5 nitrogen and oxygen atoms in total. The van der Waals surface area contributed by atoms with Gasteiger partial charge in [0.1, 0.15) is 24.7 Å². The number of fused-ring (bicyclic) bond motifs is 1. The van der Waals surface area contributed by atoms with E-state index in [1.807, 2.05) is 42.8 Å². The summed E-state index contributed by atoms with van der Waals surface area (Å²) in [6.07, 6.45) is 13.9. The van der Waals surface area contributed by atoms with Crippen molar-refractivity contribution >= 4 is 15.7 Å². The van der Waals surface area contributed by atoms with Crippen LogP contribution in [-0.4, -0.2) is 25.3 Å². The molecule has 2 aromatic rings. The largest absolute Gasteiger partial charge is 0.494 e. The Morgan fingerprint density at radius 2 is 1.84 bits per heavy atom. The molecule has 0 aliphatic carbocycles. The summed E-state index contributed by atoms with van der Waals surface area (Å²) in [6.45, 7) is 5.23. The molecule has 160 valence electrons. The Morgan fingerprint density at radius 3 is 2.58 bits per heavy atom. The molecule has 2 heterocycles. The van der Waals surface area contributed by atoms with Gasteiger partial charge in [-0.05, 0) is 61.4 Å². The van der Waals surface area contributed by atoms with Crippen LogP contribution < -0.4 is 4.74 Å². The Bertz CT molecular complexity index is 1190. The van der Waals surface area contributed by atoms with Crippen molar-refractivity contribution in [2.45, 2.75) is 43.0 Å². The number of aryl methyl sites for hydroxylation is 1. The van der Waals surface area contributed by atoms with Gasteiger partial charge in [-0.2, -0.15) is 4.99 Å². The fourth-order valence-electron chi connectivity index (χ4n) is 3.80. The molecule has 0 fully saturated rings. The normalized spacial score (nSPS) is 19.4. The van der Waals surface area contributed by atoms with E-state index < -0.39 is 9.84 Å². The summed E-state index contributed by atoms with van der Waals surface area (Å²) in [5.74, 6) is 1.66. The van der Waals surface area contributed by atoms with E-state index in [1.165, 1.54) is 0 Å². The lowest BCUT2D eigenvalue weighted by molar-refractivity contribution is -0.743. The zero-order valence-electron chi connectivity index (χ0n) is 17.9. The van der Waals surface area contributed by atoms with Gasteiger partial charge >= 0.3 is 0 Å². The minimum absolute atomic E-state index is 0.291. The highest BCUT2D eigenvalue weighted by atomic mass is 32.2. The van der Waals surface area contributed by atoms with Crippen LogP contribution in [-0.2, 0) is 16.4 Å². The van der Waals surface area contributed by atoms with Gasteiger partial charge in [-0.1, -0.05) is 25.5 Å². The zero-order chi connectivity index (χ0) is 21.9. The van der Waals surface area contributed by atoms with Gasteiger partial charge in [-0.25, -0.2) is 12.9 Å². The number of quaternary nitrogens is 1. The third kappa shape index (κ3) is 4.27. The topological polar surface area (TPSA) is 55.7 Å². The van der Waals surface area contributed by atoms with Gasteiger partial charge in [0.05, 0.1) is 22.6 Å². The Labute approximate surface area is 184 Å². The second-order valence-electron chi connectivity index (χ2n) is 7.85. The van der Waals surface area contributed by atoms with Crippen molar-refractivity contribution in [3.63, 3.8) is 0 Å². The van der Waals surface area contributed by atoms with Crippen molar-refractivity contribution in [2.24, 2.45) is 4.99 Å². The Hall–Kier alpha value is -2.96. The molecule has 0 radical (unpaired) electrons. The lowest BCUT2D eigenvalue weighted by atomic mass is 10.1. The van der Waals surface area contributed by atoms with Crippen LogP contribution >= 0.6 is 0 Å². The van der Waals surface area contributed by atoms with Gasteiger partial charge in [0, 0.05) is 11.6 Å². The summed E-state index contributed by atoms with van der Waals surface area (Å²) < 4.78 is 32.6. The highest BCUT2D eigenvalue weighted by Gasteiger charge is 2.33. The third-order valence-corrected chi connectivity index (χ3v) is 7.48. The monoisotopic (exact) mass is 435 g/mol. The number of hydrogen-bond acceptors (Lipinski definition) is 4. The van der Waals surface area contributed by atoms with Crippen molar-refractivity contribution in [3.05, 3.63) is 90.4 Å². The summed E-state index contributed by atoms with van der Waals surface area (Å²) in [7, 11) is -3.60. The number of sulfone groups is 1. The highest BCUT2D eigenvalue weighted by Crippen LogP contribution is 2.29. The lowest BCUT2D eigenvalue weighted by Gasteiger charge is -2.28. The van der Waals surface area contributed by atoms with E-state index in [2.05, 4.69) is 18.1 Å². The molecule has 0 saturated carbocycles. The molecule has 0 spiro atoms. The zero-order valence-corrected chi connectivity index (χ0v) is 18.7. The molecule has 0 N–H and O–H groups in total. The smallest absolute Gasteiger partial charge is 0.237 e. The molecule has 31 heavy (non-hydrogen) atoms. The van der Waals surface area contributed by atoms with Crippen molar-refractivity contribution < 1.29 is 17.6 Å². The molecule has 2 aromatic carbocycles. The van der Waals surface area contributed by atoms with Gasteiger partial charge in [0.25, 0.3) is 0 Å². The first-order valence-corrected chi connectivity index (χ1v) is 12.0. The minimum Gasteiger partial charge on any atom is -0.494 e. The molecule has 0 saturated heterocycles. The van der Waals surface area contributed by atoms with E-state index in [0.717, 1.165) is 24.2 Å². The second kappa shape index (κ2) is 8.65. The number of nitrogens with zero attached hydrogens (tertiary/aromatic N) is 2. The number of benzene rings is 2. The van der Waals surface area contributed by atoms with Gasteiger partial charge < -0.3 is 4.74 Å². The maximum Gasteiger partial charge on any atom is 0.237 e. The fourth-order valence-corrected chi connectivity index (χ4v) is 5.28. The number of amidine groups is 1. The molecular formula is C25H27N2O3S+. The summed E-state index contributed by atoms with van der Waals surface area (Å²) in [5.41, 5.74) is 1.72. The molecule has 6 heteroatoms. The van der Waals surface area contributed by atoms with Crippen LogP contribution in [0.3, 0.4) is 0 Å². The maximum atomic E-state index is 13.2. The first-order chi connectivity index (χ1) is 14.9. The van der Waals surface area contributed by atoms with Gasteiger partial charge in [-0.3, -0.25) is 0 Å². The molecule has 2 aliphatic heterocycles. The first kappa shape index (κ1) is 21.3. The van der Waals surface area contributed by atoms with E-state index in [1.54, 1.807) is 37.3 Å². The number of unbranched alkanes of at least 4 members (excludes halogenated alkanes) is 1. The van der Waals surface area contributed by atoms with E-state index >= 15 is 0 Å². The highest BCUT2D eigenvalue weighted by molar-refractivity contribution is 7.91. The first-order valence-electron chi connectivity index (χ1n) is 10.5. The predicted octanol–water partition coefficient (Wildman–Crippen LogP) is 5.29. The Balaban J connectivity index is 1.53. The quantitative estimate of drug-likeness (QED) is 0.418. The summed E-state index contributed by atoms with van der Waals surface area (Å²) >= 11 is 0. The van der Waals surface area contributed by atoms with Gasteiger partial charge in [0.2, 0.25) is 15.7 Å². The van der Waals surface area contributed by atoms with E-state index in [0.29, 0.717) is 38.7 Å². The van der Waals surface area contributed by atoms with Crippen LogP contribution in [0.4, 0.5) is 0 Å². The molecule has 0 bridgehead atoms. The number of rotatable bonds is 8. The average Bonchev–Trinajstić information content (AvgIpc) is 3.18. The van der Waals surface area contributed by atoms with Crippen LogP contribution in [0.5, 0.6) is 5.75 Å². The van der Waals surface area contributed by atoms with E-state index in [9.17, 15) is 8.42 Å². The maximum absolute atomic E-state index is 13.2. The Morgan fingerprint density at radius 1 is 1.03 bits per heavy atom. The molecule has 2 aliphatic rings. The predicted molar refractivity (Wildman–Crippen MR) is 122 cm³/mol. The number of hydrogen-bond donors (Lipinski definition) is 0. The van der Waals surface area contributed by atoms with Crippen LogP contribution in [0, 0.1) is 6.92 Å². The number of ether oxygens (including phenoxy) is 1. The Kier molecular flexibility index (Phi) is 5.94. The molecule has 0 aromatic heterocycles. The SMILES string of the molecule is CCCCOc1ccc(S(=O)(=O)c2ccc(C[N+]34C=CC=CC3=NC=C4)cc2)c(C)c1. The minimum atomic E-state index is -3.60. The van der Waals surface area contributed by atoms with Crippen LogP contribution in [0.15, 0.2) is 94.1 Å². The van der Waals surface area contributed by atoms with Crippen molar-refractivity contribution in [3.8, 4) is 5.75 Å². The van der Waals surface area contributed by atoms with Gasteiger partial charge in [-0.15, -0.1) is 0 Å². The second-order valence-corrected chi connectivity index (χ2v) is 9.77. The summed E-state index contributed by atoms with van der Waals surface area (Å²) in [4.78, 5) is 5.03. The van der Waals surface area contributed by atoms with Crippen LogP contribution in [0.1, 0.15) is 30.9 Å². The molecule has 1 unspecified atom stereocenters. The average molecular weight is 436 g/mol. The third-order valence-electron chi connectivity index (χ3n) is 5.55. The van der Waals surface area contributed by atoms with Crippen molar-refractivity contribution in [1.82, 2.24) is 0 Å². The van der Waals surface area contributed by atoms with E-state index in [4.69, 9.17) is 4.74 Å². The summed E-state index contributed by atoms with van der Waals surface area (Å²) in [6, 6.07) is 12.3. The van der Waals surface area contributed by atoms with E-state index in [-0.39, 0.29) is 0 Å². The van der Waals surface area contributed by atoms with Crippen molar-refractivity contribution in [1.29, 1.82) is 0 Å². The molecule has 0 amide bonds. The van der Waals surface area contributed by atoms with Crippen LogP contribution in [0.25, 0.3) is 0 Å². The number of aliphatic imine (C=N–C) groups is 1. The fraction of sp³-hybridized carbons (Fsp3) is 0.240. The standard InChI is InChI=1S/C25H27N2O3S/c1-3-4-17-30-22-10-13-24(20(2)18-22)31(28,29)23-11-8-21(9-12-23)19-27-15-6-5-7-25(27)26-14-16-27/h5-16,18H,3-4,17,19H2,1-2H3/q+1. The molecular weight excluding hydrogens is 408 g/mol. The molecule has 1 atom stereocenters. The molecule has 4 rings (SSSR count). The van der Waals surface area contributed by atoms with Crippen molar-refractivity contribution in [2.75, 3.05) is 6.61 Å². The van der Waals surface area contributed by atoms with Crippen LogP contribution in [0.2, 0.25) is 0 Å². The van der Waals surface area contributed by atoms with Gasteiger partial charge in [0.15, 0.2) is 0 Å².